The van der Waals surface area contributed by atoms with Gasteiger partial charge in [-0.3, -0.25) is 4.99 Å². The monoisotopic (exact) mass is 388 g/mol. The standard InChI is InChI=1S/C23H28N6/c1-24-23(25-17-19-8-5-12-22(16-19)29-15-7-13-26-29)27-20-9-6-14-28(18-20)21-10-3-2-4-11-21/h2-5,7-8,10-13,15-16,20H,6,9,14,17-18H2,1H3,(H2,24,25,27). The SMILES string of the molecule is CN=C(NCc1cccc(-n2cccn2)c1)NC1CCCN(c2ccccc2)C1. The van der Waals surface area contributed by atoms with Crippen molar-refractivity contribution in [2.45, 2.75) is 25.4 Å². The predicted octanol–water partition coefficient (Wildman–Crippen LogP) is 3.21. The van der Waals surface area contributed by atoms with Gasteiger partial charge in [0, 0.05) is 50.8 Å². The molecule has 0 radical (unpaired) electrons. The third kappa shape index (κ3) is 4.96. The van der Waals surface area contributed by atoms with Crippen LogP contribution in [0.3, 0.4) is 0 Å². The van der Waals surface area contributed by atoms with Crippen LogP contribution >= 0.6 is 0 Å². The third-order valence-corrected chi connectivity index (χ3v) is 5.25. The zero-order valence-electron chi connectivity index (χ0n) is 16.8. The Kier molecular flexibility index (Phi) is 6.10. The fraction of sp³-hybridized carbons (Fsp3) is 0.304. The van der Waals surface area contributed by atoms with Crippen molar-refractivity contribution in [2.24, 2.45) is 4.99 Å². The van der Waals surface area contributed by atoms with Gasteiger partial charge in [0.1, 0.15) is 0 Å². The highest BCUT2D eigenvalue weighted by Crippen LogP contribution is 2.19. The lowest BCUT2D eigenvalue weighted by molar-refractivity contribution is 0.468. The van der Waals surface area contributed by atoms with Crippen LogP contribution in [0.1, 0.15) is 18.4 Å². The molecule has 1 aliphatic rings. The molecule has 29 heavy (non-hydrogen) atoms. The Morgan fingerprint density at radius 3 is 2.76 bits per heavy atom. The predicted molar refractivity (Wildman–Crippen MR) is 119 cm³/mol. The molecular weight excluding hydrogens is 360 g/mol. The summed E-state index contributed by atoms with van der Waals surface area (Å²) in [4.78, 5) is 6.87. The summed E-state index contributed by atoms with van der Waals surface area (Å²) >= 11 is 0. The first-order valence-corrected chi connectivity index (χ1v) is 10.2. The number of aromatic nitrogens is 2. The zero-order chi connectivity index (χ0) is 19.9. The van der Waals surface area contributed by atoms with Gasteiger partial charge in [-0.1, -0.05) is 30.3 Å². The van der Waals surface area contributed by atoms with Crippen molar-refractivity contribution >= 4 is 11.6 Å². The van der Waals surface area contributed by atoms with Crippen LogP contribution in [-0.2, 0) is 6.54 Å². The average Bonchev–Trinajstić information content (AvgIpc) is 3.33. The Hall–Kier alpha value is -3.28. The van der Waals surface area contributed by atoms with E-state index in [1.165, 1.54) is 17.7 Å². The van der Waals surface area contributed by atoms with E-state index in [1.54, 1.807) is 6.20 Å². The molecule has 0 saturated carbocycles. The topological polar surface area (TPSA) is 57.5 Å². The van der Waals surface area contributed by atoms with Crippen LogP contribution in [0.4, 0.5) is 5.69 Å². The molecule has 1 fully saturated rings. The van der Waals surface area contributed by atoms with E-state index in [-0.39, 0.29) is 0 Å². The normalized spacial score (nSPS) is 17.2. The number of anilines is 1. The summed E-state index contributed by atoms with van der Waals surface area (Å²) in [7, 11) is 1.83. The number of aliphatic imine (C=N–C) groups is 1. The minimum Gasteiger partial charge on any atom is -0.369 e. The quantitative estimate of drug-likeness (QED) is 0.521. The Balaban J connectivity index is 1.34. The van der Waals surface area contributed by atoms with Crippen molar-refractivity contribution in [2.75, 3.05) is 25.0 Å². The van der Waals surface area contributed by atoms with Gasteiger partial charge in [-0.05, 0) is 48.7 Å². The van der Waals surface area contributed by atoms with Crippen LogP contribution < -0.4 is 15.5 Å². The van der Waals surface area contributed by atoms with Crippen LogP contribution in [0, 0.1) is 0 Å². The van der Waals surface area contributed by atoms with Gasteiger partial charge < -0.3 is 15.5 Å². The van der Waals surface area contributed by atoms with Gasteiger partial charge in [-0.25, -0.2) is 4.68 Å². The molecule has 1 aliphatic heterocycles. The molecule has 4 rings (SSSR count). The number of benzene rings is 2. The van der Waals surface area contributed by atoms with Crippen LogP contribution in [-0.4, -0.2) is 41.9 Å². The molecule has 2 N–H and O–H groups in total. The molecule has 1 unspecified atom stereocenters. The van der Waals surface area contributed by atoms with Crippen molar-refractivity contribution < 1.29 is 0 Å². The molecule has 0 bridgehead atoms. The fourth-order valence-electron chi connectivity index (χ4n) is 3.77. The Morgan fingerprint density at radius 1 is 1.10 bits per heavy atom. The lowest BCUT2D eigenvalue weighted by Crippen LogP contribution is -2.51. The molecule has 6 heteroatoms. The molecule has 150 valence electrons. The Morgan fingerprint density at radius 2 is 1.97 bits per heavy atom. The zero-order valence-corrected chi connectivity index (χ0v) is 16.8. The first-order valence-electron chi connectivity index (χ1n) is 10.2. The first-order chi connectivity index (χ1) is 14.3. The molecule has 2 aromatic carbocycles. The minimum absolute atomic E-state index is 0.380. The molecule has 0 amide bonds. The van der Waals surface area contributed by atoms with Crippen molar-refractivity contribution in [1.29, 1.82) is 0 Å². The van der Waals surface area contributed by atoms with E-state index in [1.807, 2.05) is 24.0 Å². The van der Waals surface area contributed by atoms with Gasteiger partial charge in [0.2, 0.25) is 0 Å². The number of hydrogen-bond donors (Lipinski definition) is 2. The number of hydrogen-bond acceptors (Lipinski definition) is 3. The number of para-hydroxylation sites is 1. The maximum Gasteiger partial charge on any atom is 0.191 e. The molecule has 0 aliphatic carbocycles. The lowest BCUT2D eigenvalue weighted by Gasteiger charge is -2.35. The molecular formula is C23H28N6. The van der Waals surface area contributed by atoms with Crippen molar-refractivity contribution in [1.82, 2.24) is 20.4 Å². The largest absolute Gasteiger partial charge is 0.369 e. The smallest absolute Gasteiger partial charge is 0.191 e. The number of piperidine rings is 1. The minimum atomic E-state index is 0.380. The molecule has 1 saturated heterocycles. The molecule has 1 aromatic heterocycles. The van der Waals surface area contributed by atoms with E-state index in [4.69, 9.17) is 0 Å². The highest BCUT2D eigenvalue weighted by molar-refractivity contribution is 5.80. The van der Waals surface area contributed by atoms with Crippen molar-refractivity contribution in [3.63, 3.8) is 0 Å². The summed E-state index contributed by atoms with van der Waals surface area (Å²) in [5, 5.41) is 11.4. The van der Waals surface area contributed by atoms with Gasteiger partial charge in [0.05, 0.1) is 5.69 Å². The van der Waals surface area contributed by atoms with Gasteiger partial charge in [0.25, 0.3) is 0 Å². The number of nitrogens with one attached hydrogen (secondary N) is 2. The highest BCUT2D eigenvalue weighted by Gasteiger charge is 2.20. The molecule has 1 atom stereocenters. The van der Waals surface area contributed by atoms with Crippen molar-refractivity contribution in [3.8, 4) is 5.69 Å². The highest BCUT2D eigenvalue weighted by atomic mass is 15.3. The van der Waals surface area contributed by atoms with E-state index in [2.05, 4.69) is 80.2 Å². The van der Waals surface area contributed by atoms with Crippen LogP contribution in [0.2, 0.25) is 0 Å². The van der Waals surface area contributed by atoms with Crippen molar-refractivity contribution in [3.05, 3.63) is 78.6 Å². The van der Waals surface area contributed by atoms with E-state index < -0.39 is 0 Å². The molecule has 6 nitrogen and oxygen atoms in total. The van der Waals surface area contributed by atoms with Gasteiger partial charge in [0.15, 0.2) is 5.96 Å². The van der Waals surface area contributed by atoms with E-state index in [9.17, 15) is 0 Å². The lowest BCUT2D eigenvalue weighted by atomic mass is 10.0. The number of nitrogens with zero attached hydrogens (tertiary/aromatic N) is 4. The summed E-state index contributed by atoms with van der Waals surface area (Å²) in [6.07, 6.45) is 6.07. The second kappa shape index (κ2) is 9.28. The molecule has 0 spiro atoms. The molecule has 3 aromatic rings. The third-order valence-electron chi connectivity index (χ3n) is 5.25. The van der Waals surface area contributed by atoms with E-state index >= 15 is 0 Å². The maximum atomic E-state index is 4.43. The van der Waals surface area contributed by atoms with E-state index in [0.717, 1.165) is 31.2 Å². The van der Waals surface area contributed by atoms with Crippen LogP contribution in [0.15, 0.2) is 78.0 Å². The number of guanidine groups is 1. The summed E-state index contributed by atoms with van der Waals surface area (Å²) in [6, 6.07) is 21.3. The number of rotatable bonds is 5. The van der Waals surface area contributed by atoms with Crippen LogP contribution in [0.25, 0.3) is 5.69 Å². The maximum absolute atomic E-state index is 4.43. The molecule has 2 heterocycles. The fourth-order valence-corrected chi connectivity index (χ4v) is 3.77. The van der Waals surface area contributed by atoms with Crippen LogP contribution in [0.5, 0.6) is 0 Å². The van der Waals surface area contributed by atoms with Gasteiger partial charge >= 0.3 is 0 Å². The summed E-state index contributed by atoms with van der Waals surface area (Å²) in [5.41, 5.74) is 3.54. The Bertz CT molecular complexity index is 920. The van der Waals surface area contributed by atoms with Gasteiger partial charge in [-0.15, -0.1) is 0 Å². The van der Waals surface area contributed by atoms with E-state index in [0.29, 0.717) is 12.6 Å². The second-order valence-corrected chi connectivity index (χ2v) is 7.31. The summed E-state index contributed by atoms with van der Waals surface area (Å²) in [6.45, 7) is 2.80. The summed E-state index contributed by atoms with van der Waals surface area (Å²) < 4.78 is 1.87. The average molecular weight is 389 g/mol. The van der Waals surface area contributed by atoms with Gasteiger partial charge in [-0.2, -0.15) is 5.10 Å². The second-order valence-electron chi connectivity index (χ2n) is 7.31. The first kappa shape index (κ1) is 19.1. The summed E-state index contributed by atoms with van der Waals surface area (Å²) in [5.74, 6) is 0.842. The Labute approximate surface area is 172 Å².